The fraction of sp³-hybridized carbons (Fsp3) is 0. The number of rotatable bonds is 0. The van der Waals surface area contributed by atoms with E-state index in [2.05, 4.69) is 45.6 Å². The predicted octanol–water partition coefficient (Wildman–Crippen LogP) is 3.39. The Kier molecular flexibility index (Phi) is 9.36. The third kappa shape index (κ3) is 7.34. The van der Waals surface area contributed by atoms with Gasteiger partial charge in [0, 0.05) is 0 Å². The van der Waals surface area contributed by atoms with Crippen molar-refractivity contribution in [1.29, 1.82) is 0 Å². The molecule has 0 fully saturated rings. The van der Waals surface area contributed by atoms with Crippen molar-refractivity contribution in [3.05, 3.63) is 36.1 Å². The standard InChI is InChI=1S/C6H4F.2HI.Zn/c7-6-4-2-1-3-5-6;;;/h1-2,4-5H;2*1H;/q;;;+2/p-2. The molecule has 0 nitrogen and oxygen atoms in total. The van der Waals surface area contributed by atoms with Crippen molar-refractivity contribution in [2.75, 3.05) is 0 Å². The summed E-state index contributed by atoms with van der Waals surface area (Å²) in [5.74, 6) is -0.234. The Morgan fingerprint density at radius 1 is 1.50 bits per heavy atom. The SMILES string of the molecule is Fc1c[c]ccc1.[I][Zn][I]. The summed E-state index contributed by atoms with van der Waals surface area (Å²) in [5.41, 5.74) is 0. The van der Waals surface area contributed by atoms with Crippen molar-refractivity contribution < 1.29 is 14.5 Å². The molecule has 0 spiro atoms. The molecule has 0 aromatic heterocycles. The summed E-state index contributed by atoms with van der Waals surface area (Å²) in [4.78, 5) is 0. The molecular formula is C6H4FI2Zn. The van der Waals surface area contributed by atoms with Gasteiger partial charge in [0.1, 0.15) is 5.82 Å². The summed E-state index contributed by atoms with van der Waals surface area (Å²) >= 11 is 4.93. The zero-order valence-electron chi connectivity index (χ0n) is 5.15. The van der Waals surface area contributed by atoms with Gasteiger partial charge in [-0.2, -0.15) is 0 Å². The van der Waals surface area contributed by atoms with Gasteiger partial charge >= 0.3 is 49.6 Å². The molecule has 0 bridgehead atoms. The first kappa shape index (κ1) is 11.2. The van der Waals surface area contributed by atoms with E-state index < -0.39 is 0 Å². The molecule has 0 atom stereocenters. The molecule has 0 N–H and O–H groups in total. The molecule has 4 heteroatoms. The van der Waals surface area contributed by atoms with Crippen LogP contribution in [0.1, 0.15) is 0 Å². The van der Waals surface area contributed by atoms with Crippen LogP contribution < -0.4 is 0 Å². The predicted molar refractivity (Wildman–Crippen MR) is 53.3 cm³/mol. The molecule has 0 saturated carbocycles. The summed E-state index contributed by atoms with van der Waals surface area (Å²) in [6.45, 7) is 0. The average molecular weight is 414 g/mol. The maximum absolute atomic E-state index is 11.9. The van der Waals surface area contributed by atoms with Gasteiger partial charge in [-0.15, -0.1) is 0 Å². The van der Waals surface area contributed by atoms with Crippen LogP contribution >= 0.6 is 39.5 Å². The second-order valence-corrected chi connectivity index (χ2v) is 24.8. The minimum atomic E-state index is -0.234. The van der Waals surface area contributed by atoms with Crippen LogP contribution in [0.3, 0.4) is 0 Å². The zero-order chi connectivity index (χ0) is 7.82. The van der Waals surface area contributed by atoms with Crippen LogP contribution in [0.25, 0.3) is 0 Å². The van der Waals surface area contributed by atoms with Crippen molar-refractivity contribution in [3.8, 4) is 0 Å². The van der Waals surface area contributed by atoms with Crippen molar-refractivity contribution in [2.24, 2.45) is 0 Å². The van der Waals surface area contributed by atoms with Gasteiger partial charge in [0.25, 0.3) is 0 Å². The van der Waals surface area contributed by atoms with Gasteiger partial charge in [-0.25, -0.2) is 4.39 Å². The summed E-state index contributed by atoms with van der Waals surface area (Å²) in [6, 6.07) is 8.53. The van der Waals surface area contributed by atoms with Crippen molar-refractivity contribution >= 4 is 39.5 Å². The van der Waals surface area contributed by atoms with Gasteiger partial charge in [0.2, 0.25) is 0 Å². The molecule has 0 aliphatic rings. The minimum absolute atomic E-state index is 0.0650. The van der Waals surface area contributed by atoms with Gasteiger partial charge in [-0.05, 0) is 18.2 Å². The van der Waals surface area contributed by atoms with Crippen LogP contribution in [0.4, 0.5) is 4.39 Å². The van der Waals surface area contributed by atoms with Gasteiger partial charge in [-0.3, -0.25) is 0 Å². The van der Waals surface area contributed by atoms with Gasteiger partial charge in [-0.1, -0.05) is 12.1 Å². The summed E-state index contributed by atoms with van der Waals surface area (Å²) in [5, 5.41) is 0. The molecular weight excluding hydrogens is 410 g/mol. The van der Waals surface area contributed by atoms with Crippen LogP contribution in [0, 0.1) is 11.9 Å². The number of hydrogen-bond donors (Lipinski definition) is 0. The first-order valence-corrected chi connectivity index (χ1v) is 20.6. The third-order valence-corrected chi connectivity index (χ3v) is 0.669. The van der Waals surface area contributed by atoms with Crippen LogP contribution in [0.2, 0.25) is 0 Å². The van der Waals surface area contributed by atoms with Gasteiger partial charge in [0.05, 0.1) is 0 Å². The molecule has 0 aliphatic carbocycles. The molecule has 0 heterocycles. The second kappa shape index (κ2) is 8.33. The second-order valence-electron chi connectivity index (χ2n) is 1.32. The Morgan fingerprint density at radius 2 is 2.10 bits per heavy atom. The molecule has 51 valence electrons. The van der Waals surface area contributed by atoms with E-state index in [1.807, 2.05) is 0 Å². The van der Waals surface area contributed by atoms with Crippen molar-refractivity contribution in [3.63, 3.8) is 0 Å². The Balaban J connectivity index is 0.000000236. The van der Waals surface area contributed by atoms with E-state index >= 15 is 0 Å². The fourth-order valence-electron chi connectivity index (χ4n) is 0.371. The molecule has 0 unspecified atom stereocenters. The number of benzene rings is 1. The Bertz CT molecular complexity index is 157. The van der Waals surface area contributed by atoms with Crippen molar-refractivity contribution in [1.82, 2.24) is 0 Å². The average Bonchev–Trinajstić information content (AvgIpc) is 1.91. The quantitative estimate of drug-likeness (QED) is 0.451. The Labute approximate surface area is 88.9 Å². The third-order valence-electron chi connectivity index (χ3n) is 0.669. The molecule has 10 heavy (non-hydrogen) atoms. The van der Waals surface area contributed by atoms with E-state index in [-0.39, 0.29) is 15.9 Å². The molecule has 0 saturated heterocycles. The van der Waals surface area contributed by atoms with E-state index in [4.69, 9.17) is 0 Å². The van der Waals surface area contributed by atoms with E-state index in [0.29, 0.717) is 0 Å². The molecule has 1 aromatic carbocycles. The van der Waals surface area contributed by atoms with E-state index in [1.165, 1.54) is 12.1 Å². The maximum atomic E-state index is 11.9. The van der Waals surface area contributed by atoms with Crippen LogP contribution in [0.15, 0.2) is 24.3 Å². The zero-order valence-corrected chi connectivity index (χ0v) is 12.4. The Morgan fingerprint density at radius 3 is 2.30 bits per heavy atom. The summed E-state index contributed by atoms with van der Waals surface area (Å²) in [7, 11) is 0.0650. The molecule has 0 amide bonds. The molecule has 1 aromatic rings. The summed E-state index contributed by atoms with van der Waals surface area (Å²) in [6.07, 6.45) is 0. The summed E-state index contributed by atoms with van der Waals surface area (Å²) < 4.78 is 11.9. The van der Waals surface area contributed by atoms with Crippen LogP contribution in [-0.2, 0) is 10.1 Å². The molecule has 1 rings (SSSR count). The van der Waals surface area contributed by atoms with Gasteiger partial charge < -0.3 is 0 Å². The topological polar surface area (TPSA) is 0 Å². The van der Waals surface area contributed by atoms with Gasteiger partial charge in [0.15, 0.2) is 0 Å². The Hall–Kier alpha value is 1.23. The monoisotopic (exact) mass is 413 g/mol. The first-order chi connectivity index (χ1) is 4.81. The van der Waals surface area contributed by atoms with Crippen LogP contribution in [0.5, 0.6) is 0 Å². The number of hydrogen-bond acceptors (Lipinski definition) is 0. The van der Waals surface area contributed by atoms with E-state index in [1.54, 1.807) is 12.1 Å². The first-order valence-electron chi connectivity index (χ1n) is 2.54. The molecule has 1 radical (unpaired) electrons. The van der Waals surface area contributed by atoms with E-state index in [0.717, 1.165) is 0 Å². The molecule has 0 aliphatic heterocycles. The van der Waals surface area contributed by atoms with Crippen LogP contribution in [-0.4, -0.2) is 0 Å². The number of halogens is 3. The normalized spacial score (nSPS) is 7.10. The van der Waals surface area contributed by atoms with E-state index in [9.17, 15) is 4.39 Å². The van der Waals surface area contributed by atoms with Crippen molar-refractivity contribution in [2.45, 2.75) is 0 Å². The fourth-order valence-corrected chi connectivity index (χ4v) is 0.371.